The van der Waals surface area contributed by atoms with Crippen LogP contribution in [0.2, 0.25) is 10.0 Å². The molecule has 3 N–H and O–H groups in total. The van der Waals surface area contributed by atoms with Crippen LogP contribution in [0.4, 0.5) is 5.69 Å². The molecular formula is C17H14Cl5N3OS. The number of rotatable bonds is 4. The number of hydrogen-bond acceptors (Lipinski definition) is 2. The van der Waals surface area contributed by atoms with Gasteiger partial charge in [0.1, 0.15) is 6.17 Å². The van der Waals surface area contributed by atoms with Crippen molar-refractivity contribution in [3.63, 3.8) is 0 Å². The summed E-state index contributed by atoms with van der Waals surface area (Å²) in [6.07, 6.45) is -1.10. The van der Waals surface area contributed by atoms with Crippen molar-refractivity contribution < 1.29 is 4.79 Å². The van der Waals surface area contributed by atoms with E-state index in [9.17, 15) is 4.79 Å². The maximum absolute atomic E-state index is 12.4. The number of thiocarbonyl (C=S) groups is 1. The molecule has 0 aliphatic rings. The molecule has 0 bridgehead atoms. The van der Waals surface area contributed by atoms with E-state index in [4.69, 9.17) is 70.2 Å². The van der Waals surface area contributed by atoms with Crippen LogP contribution >= 0.6 is 70.2 Å². The number of amides is 1. The maximum atomic E-state index is 12.4. The van der Waals surface area contributed by atoms with Crippen LogP contribution in [0, 0.1) is 6.92 Å². The third-order valence-corrected chi connectivity index (χ3v) is 4.81. The Bertz CT molecular complexity index is 839. The second-order valence-corrected chi connectivity index (χ2v) is 9.16. The molecule has 10 heteroatoms. The number of alkyl halides is 3. The minimum absolute atomic E-state index is 0.0831. The second kappa shape index (κ2) is 9.50. The van der Waals surface area contributed by atoms with E-state index in [0.717, 1.165) is 5.56 Å². The smallest absolute Gasteiger partial charge is 0.252 e. The fourth-order valence-corrected chi connectivity index (χ4v) is 2.89. The van der Waals surface area contributed by atoms with Gasteiger partial charge in [-0.25, -0.2) is 0 Å². The van der Waals surface area contributed by atoms with Crippen molar-refractivity contribution in [2.75, 3.05) is 5.32 Å². The summed E-state index contributed by atoms with van der Waals surface area (Å²) in [4.78, 5) is 12.4. The van der Waals surface area contributed by atoms with Gasteiger partial charge in [-0.1, -0.05) is 75.7 Å². The lowest BCUT2D eigenvalue weighted by Crippen LogP contribution is -2.56. The van der Waals surface area contributed by atoms with Gasteiger partial charge in [0.25, 0.3) is 5.91 Å². The minimum atomic E-state index is -1.87. The van der Waals surface area contributed by atoms with E-state index < -0.39 is 15.9 Å². The van der Waals surface area contributed by atoms with Gasteiger partial charge in [0, 0.05) is 10.6 Å². The first-order valence-electron chi connectivity index (χ1n) is 7.53. The Kier molecular flexibility index (Phi) is 7.86. The molecule has 0 saturated carbocycles. The number of hydrogen-bond donors (Lipinski definition) is 3. The van der Waals surface area contributed by atoms with Crippen molar-refractivity contribution >= 4 is 86.9 Å². The van der Waals surface area contributed by atoms with Crippen LogP contribution in [0.1, 0.15) is 15.9 Å². The molecule has 2 rings (SSSR count). The molecule has 144 valence electrons. The van der Waals surface area contributed by atoms with Gasteiger partial charge < -0.3 is 16.0 Å². The van der Waals surface area contributed by atoms with Crippen LogP contribution in [-0.2, 0) is 0 Å². The van der Waals surface area contributed by atoms with Gasteiger partial charge in [0.2, 0.25) is 3.79 Å². The number of benzene rings is 2. The van der Waals surface area contributed by atoms with E-state index in [2.05, 4.69) is 16.0 Å². The summed E-state index contributed by atoms with van der Waals surface area (Å²) >= 11 is 35.2. The van der Waals surface area contributed by atoms with E-state index in [1.165, 1.54) is 0 Å². The number of nitrogens with one attached hydrogen (secondary N) is 3. The summed E-state index contributed by atoms with van der Waals surface area (Å²) < 4.78 is -1.87. The molecule has 27 heavy (non-hydrogen) atoms. The van der Waals surface area contributed by atoms with E-state index in [1.54, 1.807) is 42.5 Å². The highest BCUT2D eigenvalue weighted by Crippen LogP contribution is 2.30. The Morgan fingerprint density at radius 3 is 2.26 bits per heavy atom. The van der Waals surface area contributed by atoms with Gasteiger partial charge in [-0.3, -0.25) is 4.79 Å². The van der Waals surface area contributed by atoms with Crippen molar-refractivity contribution in [1.82, 2.24) is 10.6 Å². The quantitative estimate of drug-likeness (QED) is 0.295. The lowest BCUT2D eigenvalue weighted by atomic mass is 10.1. The Morgan fingerprint density at radius 1 is 1.04 bits per heavy atom. The van der Waals surface area contributed by atoms with Crippen molar-refractivity contribution in [1.29, 1.82) is 0 Å². The third-order valence-electron chi connectivity index (χ3n) is 3.37. The van der Waals surface area contributed by atoms with Crippen LogP contribution in [-0.4, -0.2) is 21.0 Å². The SMILES string of the molecule is Cc1ccc(C(=O)N[C@H](NC(=S)Nc2cc(Cl)ccc2Cl)C(Cl)(Cl)Cl)cc1. The highest BCUT2D eigenvalue weighted by molar-refractivity contribution is 7.80. The first-order valence-corrected chi connectivity index (χ1v) is 9.83. The first kappa shape index (κ1) is 22.3. The zero-order chi connectivity index (χ0) is 20.2. The zero-order valence-electron chi connectivity index (χ0n) is 13.8. The van der Waals surface area contributed by atoms with Crippen LogP contribution in [0.25, 0.3) is 0 Å². The molecule has 4 nitrogen and oxygen atoms in total. The Hall–Kier alpha value is -0.950. The lowest BCUT2D eigenvalue weighted by Gasteiger charge is -2.28. The van der Waals surface area contributed by atoms with Gasteiger partial charge in [-0.2, -0.15) is 0 Å². The predicted octanol–water partition coefficient (Wildman–Crippen LogP) is 5.71. The Balaban J connectivity index is 2.10. The molecule has 0 aliphatic heterocycles. The first-order chi connectivity index (χ1) is 12.6. The van der Waals surface area contributed by atoms with E-state index >= 15 is 0 Å². The number of halogens is 5. The summed E-state index contributed by atoms with van der Waals surface area (Å²) in [5.74, 6) is -0.428. The van der Waals surface area contributed by atoms with Crippen molar-refractivity contribution in [2.24, 2.45) is 0 Å². The van der Waals surface area contributed by atoms with E-state index in [0.29, 0.717) is 21.3 Å². The molecule has 0 spiro atoms. The molecule has 2 aromatic rings. The number of carbonyl (C=O) groups excluding carboxylic acids is 1. The van der Waals surface area contributed by atoms with Crippen LogP contribution < -0.4 is 16.0 Å². The fraction of sp³-hybridized carbons (Fsp3) is 0.176. The van der Waals surface area contributed by atoms with Crippen LogP contribution in [0.5, 0.6) is 0 Å². The van der Waals surface area contributed by atoms with E-state index in [-0.39, 0.29) is 5.11 Å². The molecule has 1 atom stereocenters. The van der Waals surface area contributed by atoms with Gasteiger partial charge in [0.05, 0.1) is 10.7 Å². The minimum Gasteiger partial charge on any atom is -0.339 e. The van der Waals surface area contributed by atoms with Crippen molar-refractivity contribution in [3.8, 4) is 0 Å². The highest BCUT2D eigenvalue weighted by atomic mass is 35.6. The molecule has 0 fully saturated rings. The largest absolute Gasteiger partial charge is 0.339 e. The topological polar surface area (TPSA) is 53.2 Å². The van der Waals surface area contributed by atoms with Crippen LogP contribution in [0.15, 0.2) is 42.5 Å². The van der Waals surface area contributed by atoms with Gasteiger partial charge >= 0.3 is 0 Å². The molecule has 0 aromatic heterocycles. The molecule has 2 aromatic carbocycles. The predicted molar refractivity (Wildman–Crippen MR) is 119 cm³/mol. The van der Waals surface area contributed by atoms with Gasteiger partial charge in [-0.05, 0) is 49.5 Å². The molecule has 0 saturated heterocycles. The summed E-state index contributed by atoms with van der Waals surface area (Å²) in [5, 5.41) is 9.16. The molecular weight excluding hydrogens is 472 g/mol. The Morgan fingerprint density at radius 2 is 1.67 bits per heavy atom. The molecule has 0 heterocycles. The zero-order valence-corrected chi connectivity index (χ0v) is 18.4. The molecule has 1 amide bonds. The highest BCUT2D eigenvalue weighted by Gasteiger charge is 2.35. The summed E-state index contributed by atoms with van der Waals surface area (Å²) in [5.41, 5.74) is 1.90. The van der Waals surface area contributed by atoms with Crippen molar-refractivity contribution in [3.05, 3.63) is 63.6 Å². The molecule has 0 unspecified atom stereocenters. The van der Waals surface area contributed by atoms with Gasteiger partial charge in [-0.15, -0.1) is 0 Å². The number of aryl methyl sites for hydroxylation is 1. The Labute approximate surface area is 187 Å². The average Bonchev–Trinajstić information content (AvgIpc) is 2.57. The van der Waals surface area contributed by atoms with Gasteiger partial charge in [0.15, 0.2) is 5.11 Å². The lowest BCUT2D eigenvalue weighted by molar-refractivity contribution is 0.0934. The number of anilines is 1. The molecule has 0 radical (unpaired) electrons. The summed E-state index contributed by atoms with van der Waals surface area (Å²) in [6, 6.07) is 11.8. The maximum Gasteiger partial charge on any atom is 0.252 e. The van der Waals surface area contributed by atoms with Crippen molar-refractivity contribution in [2.45, 2.75) is 16.9 Å². The third kappa shape index (κ3) is 6.86. The standard InChI is InChI=1S/C17H14Cl5N3OS/c1-9-2-4-10(5-3-9)14(26)24-15(17(20,21)22)25-16(27)23-13-8-11(18)6-7-12(13)19/h2-8,15H,1H3,(H,24,26)(H2,23,25,27)/t15-/m1/s1. The molecule has 0 aliphatic carbocycles. The summed E-state index contributed by atoms with van der Waals surface area (Å²) in [6.45, 7) is 1.92. The average molecular weight is 486 g/mol. The normalized spacial score (nSPS) is 12.2. The number of carbonyl (C=O) groups is 1. The van der Waals surface area contributed by atoms with E-state index in [1.807, 2.05) is 6.92 Å². The second-order valence-electron chi connectivity index (χ2n) is 5.54. The fourth-order valence-electron chi connectivity index (χ4n) is 2.00. The monoisotopic (exact) mass is 483 g/mol. The summed E-state index contributed by atoms with van der Waals surface area (Å²) in [7, 11) is 0. The van der Waals surface area contributed by atoms with Crippen LogP contribution in [0.3, 0.4) is 0 Å².